The molecular formula is C24H18ClNO3. The molecule has 0 aliphatic carbocycles. The van der Waals surface area contributed by atoms with Crippen molar-refractivity contribution in [2.45, 2.75) is 6.61 Å². The van der Waals surface area contributed by atoms with Crippen LogP contribution in [0.25, 0.3) is 10.9 Å². The molecule has 1 aromatic heterocycles. The predicted molar refractivity (Wildman–Crippen MR) is 114 cm³/mol. The van der Waals surface area contributed by atoms with Crippen LogP contribution in [-0.4, -0.2) is 17.9 Å². The molecule has 29 heavy (non-hydrogen) atoms. The highest BCUT2D eigenvalue weighted by Gasteiger charge is 2.16. The number of aromatic nitrogens is 1. The second-order valence-corrected chi connectivity index (χ2v) is 6.87. The van der Waals surface area contributed by atoms with E-state index in [-0.39, 0.29) is 5.78 Å². The number of halogens is 1. The number of carbonyl (C=O) groups is 1. The van der Waals surface area contributed by atoms with Gasteiger partial charge in [0.15, 0.2) is 5.78 Å². The Morgan fingerprint density at radius 2 is 1.69 bits per heavy atom. The normalized spacial score (nSPS) is 10.7. The fraction of sp³-hybridized carbons (Fsp3) is 0.0833. The van der Waals surface area contributed by atoms with E-state index in [2.05, 4.69) is 4.98 Å². The van der Waals surface area contributed by atoms with Crippen molar-refractivity contribution in [2.24, 2.45) is 0 Å². The molecule has 0 N–H and O–H groups in total. The highest BCUT2D eigenvalue weighted by Crippen LogP contribution is 2.30. The van der Waals surface area contributed by atoms with E-state index in [1.807, 2.05) is 48.5 Å². The topological polar surface area (TPSA) is 48.4 Å². The van der Waals surface area contributed by atoms with Crippen LogP contribution in [0.3, 0.4) is 0 Å². The van der Waals surface area contributed by atoms with Crippen LogP contribution in [0.2, 0.25) is 5.02 Å². The zero-order chi connectivity index (χ0) is 20.2. The van der Waals surface area contributed by atoms with E-state index in [0.717, 1.165) is 5.56 Å². The lowest BCUT2D eigenvalue weighted by Crippen LogP contribution is -2.03. The molecule has 0 amide bonds. The summed E-state index contributed by atoms with van der Waals surface area (Å²) in [7, 11) is 1.58. The third kappa shape index (κ3) is 4.08. The van der Waals surface area contributed by atoms with E-state index in [4.69, 9.17) is 21.1 Å². The SMILES string of the molecule is COc1ccc(C(=O)c2cnc3cc(OCc4ccccc4)ccc3c2Cl)cc1. The fourth-order valence-electron chi connectivity index (χ4n) is 3.03. The van der Waals surface area contributed by atoms with Gasteiger partial charge >= 0.3 is 0 Å². The van der Waals surface area contributed by atoms with Crippen molar-refractivity contribution in [2.75, 3.05) is 7.11 Å². The summed E-state index contributed by atoms with van der Waals surface area (Å²) >= 11 is 6.54. The lowest BCUT2D eigenvalue weighted by Gasteiger charge is -2.10. The molecule has 0 aliphatic heterocycles. The molecule has 1 heterocycles. The maximum absolute atomic E-state index is 12.8. The molecule has 4 nitrogen and oxygen atoms in total. The average molecular weight is 404 g/mol. The van der Waals surface area contributed by atoms with Crippen LogP contribution < -0.4 is 9.47 Å². The summed E-state index contributed by atoms with van der Waals surface area (Å²) in [5.74, 6) is 1.20. The Morgan fingerprint density at radius 3 is 2.41 bits per heavy atom. The second kappa shape index (κ2) is 8.33. The monoisotopic (exact) mass is 403 g/mol. The summed E-state index contributed by atoms with van der Waals surface area (Å²) in [6.07, 6.45) is 1.51. The van der Waals surface area contributed by atoms with Gasteiger partial charge in [-0.2, -0.15) is 0 Å². The first kappa shape index (κ1) is 19.0. The molecule has 5 heteroatoms. The largest absolute Gasteiger partial charge is 0.497 e. The lowest BCUT2D eigenvalue weighted by atomic mass is 10.0. The summed E-state index contributed by atoms with van der Waals surface area (Å²) in [4.78, 5) is 17.3. The van der Waals surface area contributed by atoms with Crippen molar-refractivity contribution in [3.63, 3.8) is 0 Å². The van der Waals surface area contributed by atoms with Crippen molar-refractivity contribution in [3.05, 3.63) is 101 Å². The molecule has 0 atom stereocenters. The highest BCUT2D eigenvalue weighted by atomic mass is 35.5. The number of hydrogen-bond donors (Lipinski definition) is 0. The smallest absolute Gasteiger partial charge is 0.196 e. The molecule has 0 aliphatic rings. The lowest BCUT2D eigenvalue weighted by molar-refractivity contribution is 0.103. The Bertz CT molecular complexity index is 1160. The quantitative estimate of drug-likeness (QED) is 0.387. The van der Waals surface area contributed by atoms with Gasteiger partial charge in [-0.05, 0) is 42.0 Å². The van der Waals surface area contributed by atoms with Gasteiger partial charge in [0.1, 0.15) is 18.1 Å². The summed E-state index contributed by atoms with van der Waals surface area (Å²) < 4.78 is 11.0. The maximum atomic E-state index is 12.8. The minimum atomic E-state index is -0.184. The zero-order valence-electron chi connectivity index (χ0n) is 15.8. The highest BCUT2D eigenvalue weighted by molar-refractivity contribution is 6.39. The third-order valence-corrected chi connectivity index (χ3v) is 5.03. The number of carbonyl (C=O) groups excluding carboxylic acids is 1. The molecule has 3 aromatic carbocycles. The van der Waals surface area contributed by atoms with Crippen molar-refractivity contribution in [3.8, 4) is 11.5 Å². The first-order chi connectivity index (χ1) is 14.2. The predicted octanol–water partition coefficient (Wildman–Crippen LogP) is 5.71. The van der Waals surface area contributed by atoms with Crippen LogP contribution in [0.5, 0.6) is 11.5 Å². The van der Waals surface area contributed by atoms with Crippen molar-refractivity contribution in [1.82, 2.24) is 4.98 Å². The van der Waals surface area contributed by atoms with Crippen LogP contribution >= 0.6 is 11.6 Å². The molecule has 0 bridgehead atoms. The van der Waals surface area contributed by atoms with E-state index in [1.165, 1.54) is 6.20 Å². The summed E-state index contributed by atoms with van der Waals surface area (Å²) in [6, 6.07) is 22.3. The molecule has 144 valence electrons. The second-order valence-electron chi connectivity index (χ2n) is 6.50. The van der Waals surface area contributed by atoms with Crippen molar-refractivity contribution in [1.29, 1.82) is 0 Å². The third-order valence-electron chi connectivity index (χ3n) is 4.62. The van der Waals surface area contributed by atoms with E-state index in [0.29, 0.717) is 45.2 Å². The fourth-order valence-corrected chi connectivity index (χ4v) is 3.32. The number of pyridine rings is 1. The van der Waals surface area contributed by atoms with Crippen LogP contribution in [0, 0.1) is 0 Å². The molecule has 0 radical (unpaired) electrons. The summed E-state index contributed by atoms with van der Waals surface area (Å²) in [6.45, 7) is 0.466. The number of hydrogen-bond acceptors (Lipinski definition) is 4. The van der Waals surface area contributed by atoms with Crippen molar-refractivity contribution < 1.29 is 14.3 Å². The number of rotatable bonds is 6. The molecular weight excluding hydrogens is 386 g/mol. The molecule has 4 rings (SSSR count). The van der Waals surface area contributed by atoms with Gasteiger partial charge < -0.3 is 9.47 Å². The van der Waals surface area contributed by atoms with Gasteiger partial charge in [0.2, 0.25) is 0 Å². The van der Waals surface area contributed by atoms with Crippen LogP contribution in [-0.2, 0) is 6.61 Å². The Kier molecular flexibility index (Phi) is 5.45. The Balaban J connectivity index is 1.59. The van der Waals surface area contributed by atoms with Gasteiger partial charge in [-0.25, -0.2) is 0 Å². The summed E-state index contributed by atoms with van der Waals surface area (Å²) in [5.41, 5.74) is 2.64. The first-order valence-electron chi connectivity index (χ1n) is 9.09. The first-order valence-corrected chi connectivity index (χ1v) is 9.47. The van der Waals surface area contributed by atoms with E-state index >= 15 is 0 Å². The molecule has 0 saturated heterocycles. The molecule has 0 saturated carbocycles. The van der Waals surface area contributed by atoms with Gasteiger partial charge in [-0.15, -0.1) is 0 Å². The average Bonchev–Trinajstić information content (AvgIpc) is 2.78. The zero-order valence-corrected chi connectivity index (χ0v) is 16.5. The van der Waals surface area contributed by atoms with Gasteiger partial charge in [0.25, 0.3) is 0 Å². The van der Waals surface area contributed by atoms with Gasteiger partial charge in [0.05, 0.1) is 23.2 Å². The number of ether oxygens (including phenoxy) is 2. The minimum Gasteiger partial charge on any atom is -0.497 e. The van der Waals surface area contributed by atoms with Gasteiger partial charge in [-0.1, -0.05) is 41.9 Å². The Hall–Kier alpha value is -3.37. The molecule has 0 unspecified atom stereocenters. The summed E-state index contributed by atoms with van der Waals surface area (Å²) in [5, 5.41) is 1.09. The van der Waals surface area contributed by atoms with Crippen LogP contribution in [0.1, 0.15) is 21.5 Å². The molecule has 0 fully saturated rings. The number of benzene rings is 3. The van der Waals surface area contributed by atoms with Crippen molar-refractivity contribution >= 4 is 28.3 Å². The van der Waals surface area contributed by atoms with Gasteiger partial charge in [-0.3, -0.25) is 9.78 Å². The minimum absolute atomic E-state index is 0.184. The number of fused-ring (bicyclic) bond motifs is 1. The standard InChI is InChI=1S/C24H18ClNO3/c1-28-18-9-7-17(8-10-18)24(27)21-14-26-22-13-19(11-12-20(22)23(21)25)29-15-16-5-3-2-4-6-16/h2-14H,15H2,1H3. The Labute approximate surface area is 173 Å². The van der Waals surface area contributed by atoms with Crippen LogP contribution in [0.15, 0.2) is 79.0 Å². The number of nitrogens with zero attached hydrogens (tertiary/aromatic N) is 1. The van der Waals surface area contributed by atoms with E-state index in [1.54, 1.807) is 31.4 Å². The van der Waals surface area contributed by atoms with Crippen LogP contribution in [0.4, 0.5) is 0 Å². The van der Waals surface area contributed by atoms with E-state index in [9.17, 15) is 4.79 Å². The molecule has 4 aromatic rings. The molecule has 0 spiro atoms. The number of ketones is 1. The van der Waals surface area contributed by atoms with Gasteiger partial charge in [0, 0.05) is 23.2 Å². The maximum Gasteiger partial charge on any atom is 0.196 e. The van der Waals surface area contributed by atoms with E-state index < -0.39 is 0 Å². The Morgan fingerprint density at radius 1 is 0.966 bits per heavy atom. The number of methoxy groups -OCH3 is 1.